The second kappa shape index (κ2) is 23.0. The average Bonchev–Trinajstić information content (AvgIpc) is 2.64. The quantitative estimate of drug-likeness (QED) is 0.240. The molecule has 4 nitrogen and oxygen atoms in total. The van der Waals surface area contributed by atoms with Crippen LogP contribution in [-0.4, -0.2) is 22.2 Å². The Morgan fingerprint density at radius 2 is 0.963 bits per heavy atom. The highest BCUT2D eigenvalue weighted by Gasteiger charge is 2.05. The van der Waals surface area contributed by atoms with Crippen LogP contribution in [-0.2, 0) is 9.59 Å². The second-order valence-electron chi connectivity index (χ2n) is 7.74. The fraction of sp³-hybridized carbons (Fsp3) is 0.913. The molecule has 1 unspecified atom stereocenters. The SMILES string of the molecule is CCC(C)C(=O)O.CCCCCCCCCCCCCCCCCC(=O)O. The van der Waals surface area contributed by atoms with Crippen LogP contribution >= 0.6 is 0 Å². The fourth-order valence-electron chi connectivity index (χ4n) is 2.82. The Hall–Kier alpha value is -1.06. The molecule has 0 aliphatic heterocycles. The van der Waals surface area contributed by atoms with Gasteiger partial charge in [0.25, 0.3) is 0 Å². The van der Waals surface area contributed by atoms with Crippen molar-refractivity contribution in [2.24, 2.45) is 5.92 Å². The van der Waals surface area contributed by atoms with Crippen molar-refractivity contribution in [3.05, 3.63) is 0 Å². The van der Waals surface area contributed by atoms with E-state index < -0.39 is 11.9 Å². The van der Waals surface area contributed by atoms with Crippen molar-refractivity contribution in [1.29, 1.82) is 0 Å². The van der Waals surface area contributed by atoms with Crippen LogP contribution in [0.4, 0.5) is 0 Å². The number of aliphatic carboxylic acids is 2. The first kappa shape index (κ1) is 28.2. The predicted molar refractivity (Wildman–Crippen MR) is 114 cm³/mol. The fourth-order valence-corrected chi connectivity index (χ4v) is 2.82. The van der Waals surface area contributed by atoms with Crippen molar-refractivity contribution in [3.8, 4) is 0 Å². The zero-order valence-electron chi connectivity index (χ0n) is 18.3. The van der Waals surface area contributed by atoms with Crippen LogP contribution in [0.5, 0.6) is 0 Å². The summed E-state index contributed by atoms with van der Waals surface area (Å²) in [5.41, 5.74) is 0. The summed E-state index contributed by atoms with van der Waals surface area (Å²) >= 11 is 0. The molecule has 0 saturated heterocycles. The maximum atomic E-state index is 10.3. The normalized spacial score (nSPS) is 11.5. The number of unbranched alkanes of at least 4 members (excludes halogenated alkanes) is 14. The van der Waals surface area contributed by atoms with E-state index in [0.29, 0.717) is 6.42 Å². The van der Waals surface area contributed by atoms with Crippen LogP contribution in [0.3, 0.4) is 0 Å². The number of carboxylic acid groups (broad SMARTS) is 2. The Labute approximate surface area is 168 Å². The lowest BCUT2D eigenvalue weighted by molar-refractivity contribution is -0.141. The van der Waals surface area contributed by atoms with Crippen LogP contribution in [0.25, 0.3) is 0 Å². The van der Waals surface area contributed by atoms with Gasteiger partial charge >= 0.3 is 11.9 Å². The molecule has 162 valence electrons. The standard InChI is InChI=1S/C18H36O2.C5H10O2/c1-2-3-4-5-6-7-8-9-10-11-12-13-14-15-16-17-18(19)20;1-3-4(2)5(6)7/h2-17H2,1H3,(H,19,20);4H,3H2,1-2H3,(H,6,7). The molecular formula is C23H46O4. The van der Waals surface area contributed by atoms with Gasteiger partial charge in [0.05, 0.1) is 5.92 Å². The third kappa shape index (κ3) is 27.3. The van der Waals surface area contributed by atoms with Gasteiger partial charge in [-0.25, -0.2) is 0 Å². The van der Waals surface area contributed by atoms with Gasteiger partial charge in [-0.1, -0.05) is 111 Å². The Balaban J connectivity index is 0. The van der Waals surface area contributed by atoms with Gasteiger partial charge in [-0.2, -0.15) is 0 Å². The Morgan fingerprint density at radius 1 is 0.630 bits per heavy atom. The van der Waals surface area contributed by atoms with Crippen LogP contribution in [0, 0.1) is 5.92 Å². The minimum atomic E-state index is -0.706. The molecule has 0 aromatic rings. The molecule has 0 bridgehead atoms. The van der Waals surface area contributed by atoms with Gasteiger partial charge in [0.2, 0.25) is 0 Å². The molecule has 0 aliphatic rings. The predicted octanol–water partition coefficient (Wildman–Crippen LogP) is 7.45. The smallest absolute Gasteiger partial charge is 0.306 e. The molecule has 27 heavy (non-hydrogen) atoms. The summed E-state index contributed by atoms with van der Waals surface area (Å²) in [7, 11) is 0. The number of carbonyl (C=O) groups is 2. The number of hydrogen-bond donors (Lipinski definition) is 2. The van der Waals surface area contributed by atoms with Gasteiger partial charge in [-0.15, -0.1) is 0 Å². The summed E-state index contributed by atoms with van der Waals surface area (Å²) < 4.78 is 0. The maximum absolute atomic E-state index is 10.3. The molecule has 0 rings (SSSR count). The zero-order valence-corrected chi connectivity index (χ0v) is 18.3. The van der Waals surface area contributed by atoms with Crippen molar-refractivity contribution >= 4 is 11.9 Å². The minimum absolute atomic E-state index is 0.181. The highest BCUT2D eigenvalue weighted by molar-refractivity contribution is 5.69. The summed E-state index contributed by atoms with van der Waals surface area (Å²) in [6.45, 7) is 5.83. The van der Waals surface area contributed by atoms with Crippen LogP contribution in [0.15, 0.2) is 0 Å². The molecule has 0 aromatic carbocycles. The number of rotatable bonds is 18. The van der Waals surface area contributed by atoms with E-state index in [4.69, 9.17) is 10.2 Å². The lowest BCUT2D eigenvalue weighted by Crippen LogP contribution is -2.06. The molecule has 0 radical (unpaired) electrons. The molecular weight excluding hydrogens is 340 g/mol. The molecule has 0 aliphatic carbocycles. The lowest BCUT2D eigenvalue weighted by Gasteiger charge is -2.03. The molecule has 0 aromatic heterocycles. The molecule has 0 amide bonds. The van der Waals surface area contributed by atoms with Gasteiger partial charge < -0.3 is 10.2 Å². The van der Waals surface area contributed by atoms with E-state index in [9.17, 15) is 9.59 Å². The average molecular weight is 387 g/mol. The van der Waals surface area contributed by atoms with E-state index >= 15 is 0 Å². The van der Waals surface area contributed by atoms with Crippen LogP contribution < -0.4 is 0 Å². The van der Waals surface area contributed by atoms with Crippen molar-refractivity contribution < 1.29 is 19.8 Å². The van der Waals surface area contributed by atoms with E-state index in [1.807, 2.05) is 6.92 Å². The van der Waals surface area contributed by atoms with Gasteiger partial charge in [-0.3, -0.25) is 9.59 Å². The van der Waals surface area contributed by atoms with Gasteiger partial charge in [0.1, 0.15) is 0 Å². The number of hydrogen-bond acceptors (Lipinski definition) is 2. The highest BCUT2D eigenvalue weighted by Crippen LogP contribution is 2.13. The molecule has 0 heterocycles. The van der Waals surface area contributed by atoms with Gasteiger partial charge in [-0.05, 0) is 12.8 Å². The molecule has 2 N–H and O–H groups in total. The molecule has 0 fully saturated rings. The topological polar surface area (TPSA) is 74.6 Å². The van der Waals surface area contributed by atoms with Gasteiger partial charge in [0.15, 0.2) is 0 Å². The summed E-state index contributed by atoms with van der Waals surface area (Å²) in [4.78, 5) is 20.3. The second-order valence-corrected chi connectivity index (χ2v) is 7.74. The first-order valence-corrected chi connectivity index (χ1v) is 11.4. The van der Waals surface area contributed by atoms with E-state index in [0.717, 1.165) is 19.3 Å². The van der Waals surface area contributed by atoms with Crippen molar-refractivity contribution in [3.63, 3.8) is 0 Å². The monoisotopic (exact) mass is 386 g/mol. The lowest BCUT2D eigenvalue weighted by atomic mass is 10.0. The summed E-state index contributed by atoms with van der Waals surface area (Å²) in [6, 6.07) is 0. The summed E-state index contributed by atoms with van der Waals surface area (Å²) in [5.74, 6) is -1.54. The molecule has 1 atom stereocenters. The van der Waals surface area contributed by atoms with Crippen molar-refractivity contribution in [1.82, 2.24) is 0 Å². The number of carboxylic acids is 2. The largest absolute Gasteiger partial charge is 0.481 e. The Bertz CT molecular complexity index is 328. The Kier molecular flexibility index (Phi) is 24.0. The van der Waals surface area contributed by atoms with Crippen LogP contribution in [0.1, 0.15) is 130 Å². The zero-order chi connectivity index (χ0) is 20.8. The molecule has 0 spiro atoms. The van der Waals surface area contributed by atoms with Gasteiger partial charge in [0, 0.05) is 6.42 Å². The highest BCUT2D eigenvalue weighted by atomic mass is 16.4. The summed E-state index contributed by atoms with van der Waals surface area (Å²) in [5, 5.41) is 16.7. The third-order valence-electron chi connectivity index (χ3n) is 5.03. The Morgan fingerprint density at radius 3 is 1.19 bits per heavy atom. The van der Waals surface area contributed by atoms with E-state index in [1.54, 1.807) is 6.92 Å². The first-order chi connectivity index (χ1) is 13.0. The maximum Gasteiger partial charge on any atom is 0.306 e. The molecule has 4 heteroatoms. The minimum Gasteiger partial charge on any atom is -0.481 e. The van der Waals surface area contributed by atoms with Crippen LogP contribution in [0.2, 0.25) is 0 Å². The van der Waals surface area contributed by atoms with E-state index in [1.165, 1.54) is 83.5 Å². The van der Waals surface area contributed by atoms with E-state index in [-0.39, 0.29) is 5.92 Å². The van der Waals surface area contributed by atoms with E-state index in [2.05, 4.69) is 6.92 Å². The van der Waals surface area contributed by atoms with Crippen molar-refractivity contribution in [2.45, 2.75) is 130 Å². The van der Waals surface area contributed by atoms with Crippen molar-refractivity contribution in [2.75, 3.05) is 0 Å². The molecule has 0 saturated carbocycles. The first-order valence-electron chi connectivity index (χ1n) is 11.4. The third-order valence-corrected chi connectivity index (χ3v) is 5.03. The summed E-state index contributed by atoms with van der Waals surface area (Å²) in [6.07, 6.45) is 20.9.